The molecule has 0 aliphatic carbocycles. The number of benzene rings is 1. The zero-order valence-corrected chi connectivity index (χ0v) is 10.1. The van der Waals surface area contributed by atoms with Crippen molar-refractivity contribution >= 4 is 11.7 Å². The first-order chi connectivity index (χ1) is 9.02. The van der Waals surface area contributed by atoms with Crippen molar-refractivity contribution in [2.45, 2.75) is 6.92 Å². The number of hydrogen-bond acceptors (Lipinski definition) is 7. The Kier molecular flexibility index (Phi) is 3.23. The van der Waals surface area contributed by atoms with Gasteiger partial charge in [0.2, 0.25) is 5.82 Å². The van der Waals surface area contributed by atoms with Crippen molar-refractivity contribution in [1.82, 2.24) is 10.1 Å². The van der Waals surface area contributed by atoms with Gasteiger partial charge in [0.05, 0.1) is 12.0 Å². The molecule has 0 bridgehead atoms. The van der Waals surface area contributed by atoms with Crippen molar-refractivity contribution in [2.75, 3.05) is 7.11 Å². The van der Waals surface area contributed by atoms with Gasteiger partial charge in [-0.3, -0.25) is 10.1 Å². The summed E-state index contributed by atoms with van der Waals surface area (Å²) in [5.74, 6) is -0.982. The van der Waals surface area contributed by atoms with E-state index in [0.717, 1.165) is 0 Å². The fraction of sp³-hybridized carbons (Fsp3) is 0.182. The molecule has 8 heteroatoms. The molecule has 8 nitrogen and oxygen atoms in total. The summed E-state index contributed by atoms with van der Waals surface area (Å²) in [6.07, 6.45) is 0. The van der Waals surface area contributed by atoms with Crippen molar-refractivity contribution in [3.8, 4) is 11.4 Å². The third kappa shape index (κ3) is 2.41. The first kappa shape index (κ1) is 12.7. The van der Waals surface area contributed by atoms with Gasteiger partial charge in [0.25, 0.3) is 5.69 Å². The average molecular weight is 263 g/mol. The van der Waals surface area contributed by atoms with E-state index in [1.807, 2.05) is 0 Å². The van der Waals surface area contributed by atoms with E-state index in [0.29, 0.717) is 11.1 Å². The zero-order chi connectivity index (χ0) is 14.0. The predicted molar refractivity (Wildman–Crippen MR) is 62.5 cm³/mol. The Balaban J connectivity index is 2.42. The van der Waals surface area contributed by atoms with E-state index in [9.17, 15) is 14.9 Å². The molecule has 0 N–H and O–H groups in total. The number of aryl methyl sites for hydroxylation is 1. The molecule has 0 amide bonds. The minimum Gasteiger partial charge on any atom is -0.462 e. The summed E-state index contributed by atoms with van der Waals surface area (Å²) < 4.78 is 9.12. The quantitative estimate of drug-likeness (QED) is 0.471. The lowest BCUT2D eigenvalue weighted by Gasteiger charge is -1.98. The molecule has 2 aromatic rings. The van der Waals surface area contributed by atoms with Gasteiger partial charge in [-0.2, -0.15) is 4.98 Å². The highest BCUT2D eigenvalue weighted by Gasteiger charge is 2.18. The molecule has 1 aromatic heterocycles. The van der Waals surface area contributed by atoms with Crippen LogP contribution in [0.4, 0.5) is 5.69 Å². The number of carbonyl (C=O) groups excluding carboxylic acids is 1. The van der Waals surface area contributed by atoms with Gasteiger partial charge in [-0.25, -0.2) is 4.79 Å². The second kappa shape index (κ2) is 4.84. The summed E-state index contributed by atoms with van der Waals surface area (Å²) in [7, 11) is 1.18. The molecule has 1 aromatic carbocycles. The predicted octanol–water partition coefficient (Wildman–Crippen LogP) is 1.74. The fourth-order valence-electron chi connectivity index (χ4n) is 1.46. The standard InChI is InChI=1S/C11H9N3O5/c1-6-3-4-7(5-8(6)14(16)17)9-12-10(19-13-9)11(15)18-2/h3-5H,1-2H3. The lowest BCUT2D eigenvalue weighted by atomic mass is 10.1. The number of methoxy groups -OCH3 is 1. The van der Waals surface area contributed by atoms with Crippen LogP contribution in [0.3, 0.4) is 0 Å². The van der Waals surface area contributed by atoms with E-state index in [2.05, 4.69) is 14.9 Å². The molecule has 0 radical (unpaired) electrons. The third-order valence-electron chi connectivity index (χ3n) is 2.45. The minimum atomic E-state index is -0.764. The van der Waals surface area contributed by atoms with Crippen molar-refractivity contribution < 1.29 is 19.0 Å². The summed E-state index contributed by atoms with van der Waals surface area (Å²) >= 11 is 0. The lowest BCUT2D eigenvalue weighted by molar-refractivity contribution is -0.385. The number of rotatable bonds is 3. The number of aromatic nitrogens is 2. The van der Waals surface area contributed by atoms with E-state index < -0.39 is 10.9 Å². The van der Waals surface area contributed by atoms with Crippen LogP contribution in [0.1, 0.15) is 16.2 Å². The molecule has 0 saturated carbocycles. The van der Waals surface area contributed by atoms with Gasteiger partial charge in [0.15, 0.2) is 0 Å². The molecule has 0 unspecified atom stereocenters. The van der Waals surface area contributed by atoms with Crippen LogP contribution < -0.4 is 0 Å². The summed E-state index contributed by atoms with van der Waals surface area (Å²) in [4.78, 5) is 25.3. The van der Waals surface area contributed by atoms with Crippen molar-refractivity contribution in [2.24, 2.45) is 0 Å². The third-order valence-corrected chi connectivity index (χ3v) is 2.45. The smallest absolute Gasteiger partial charge is 0.397 e. The second-order valence-electron chi connectivity index (χ2n) is 3.67. The van der Waals surface area contributed by atoms with Gasteiger partial charge < -0.3 is 9.26 Å². The van der Waals surface area contributed by atoms with E-state index in [4.69, 9.17) is 4.52 Å². The normalized spacial score (nSPS) is 10.2. The maximum atomic E-state index is 11.2. The number of nitrogens with zero attached hydrogens (tertiary/aromatic N) is 3. The molecule has 0 spiro atoms. The van der Waals surface area contributed by atoms with Crippen molar-refractivity contribution in [3.63, 3.8) is 0 Å². The molecule has 2 rings (SSSR count). The molecule has 1 heterocycles. The molecular weight excluding hydrogens is 254 g/mol. The molecule has 0 fully saturated rings. The highest BCUT2D eigenvalue weighted by Crippen LogP contribution is 2.25. The maximum absolute atomic E-state index is 11.2. The van der Waals surface area contributed by atoms with Crippen LogP contribution in [0, 0.1) is 17.0 Å². The SMILES string of the molecule is COC(=O)c1nc(-c2ccc(C)c([N+](=O)[O-])c2)no1. The van der Waals surface area contributed by atoms with Gasteiger partial charge in [0.1, 0.15) is 0 Å². The number of nitro benzene ring substituents is 1. The van der Waals surface area contributed by atoms with Crippen LogP contribution >= 0.6 is 0 Å². The van der Waals surface area contributed by atoms with E-state index >= 15 is 0 Å². The Morgan fingerprint density at radius 2 is 2.21 bits per heavy atom. The molecule has 98 valence electrons. The molecule has 0 atom stereocenters. The lowest BCUT2D eigenvalue weighted by Crippen LogP contribution is -2.01. The number of nitro groups is 1. The summed E-state index contributed by atoms with van der Waals surface area (Å²) in [6.45, 7) is 1.62. The number of esters is 1. The first-order valence-electron chi connectivity index (χ1n) is 5.20. The van der Waals surface area contributed by atoms with Gasteiger partial charge in [0, 0.05) is 17.2 Å². The van der Waals surface area contributed by atoms with Gasteiger partial charge in [-0.05, 0) is 6.92 Å². The van der Waals surface area contributed by atoms with Crippen LogP contribution in [-0.4, -0.2) is 28.1 Å². The Bertz CT molecular complexity index is 650. The second-order valence-corrected chi connectivity index (χ2v) is 3.67. The van der Waals surface area contributed by atoms with Crippen LogP contribution in [0.25, 0.3) is 11.4 Å². The maximum Gasteiger partial charge on any atom is 0.397 e. The Hall–Kier alpha value is -2.77. The first-order valence-corrected chi connectivity index (χ1v) is 5.20. The van der Waals surface area contributed by atoms with E-state index in [1.165, 1.54) is 13.2 Å². The topological polar surface area (TPSA) is 108 Å². The highest BCUT2D eigenvalue weighted by molar-refractivity contribution is 5.84. The van der Waals surface area contributed by atoms with Crippen LogP contribution in [0.2, 0.25) is 0 Å². The molecule has 0 saturated heterocycles. The Morgan fingerprint density at radius 1 is 1.47 bits per heavy atom. The molecule has 0 aliphatic heterocycles. The molecular formula is C11H9N3O5. The van der Waals surface area contributed by atoms with Crippen LogP contribution in [0.5, 0.6) is 0 Å². The van der Waals surface area contributed by atoms with Gasteiger partial charge in [-0.1, -0.05) is 17.3 Å². The number of ether oxygens (including phenoxy) is 1. The summed E-state index contributed by atoms with van der Waals surface area (Å²) in [6, 6.07) is 4.50. The van der Waals surface area contributed by atoms with Crippen molar-refractivity contribution in [3.05, 3.63) is 39.8 Å². The molecule has 19 heavy (non-hydrogen) atoms. The van der Waals surface area contributed by atoms with Crippen LogP contribution in [0.15, 0.2) is 22.7 Å². The Labute approximate surface area is 107 Å². The number of carbonyl (C=O) groups is 1. The monoisotopic (exact) mass is 263 g/mol. The minimum absolute atomic E-state index is 0.0538. The van der Waals surface area contributed by atoms with Gasteiger partial charge in [-0.15, -0.1) is 0 Å². The average Bonchev–Trinajstić information content (AvgIpc) is 2.87. The largest absolute Gasteiger partial charge is 0.462 e. The number of hydrogen-bond donors (Lipinski definition) is 0. The highest BCUT2D eigenvalue weighted by atomic mass is 16.6. The van der Waals surface area contributed by atoms with Gasteiger partial charge >= 0.3 is 11.9 Å². The van der Waals surface area contributed by atoms with E-state index in [1.54, 1.807) is 19.1 Å². The summed E-state index contributed by atoms with van der Waals surface area (Å²) in [5, 5.41) is 14.4. The van der Waals surface area contributed by atoms with Crippen LogP contribution in [-0.2, 0) is 4.74 Å². The Morgan fingerprint density at radius 3 is 2.84 bits per heavy atom. The van der Waals surface area contributed by atoms with E-state index in [-0.39, 0.29) is 17.4 Å². The fourth-order valence-corrected chi connectivity index (χ4v) is 1.46. The zero-order valence-electron chi connectivity index (χ0n) is 10.1. The van der Waals surface area contributed by atoms with Crippen molar-refractivity contribution in [1.29, 1.82) is 0 Å². The molecule has 0 aliphatic rings. The summed E-state index contributed by atoms with van der Waals surface area (Å²) in [5.41, 5.74) is 0.851.